The highest BCUT2D eigenvalue weighted by Crippen LogP contribution is 2.41. The molecule has 1 aromatic carbocycles. The Bertz CT molecular complexity index is 1070. The van der Waals surface area contributed by atoms with Gasteiger partial charge in [-0.3, -0.25) is 14.9 Å². The number of carboxylic acid groups (broad SMARTS) is 1. The number of benzene rings is 1. The number of alkyl carbamates (subject to hydrolysis) is 1. The molecule has 2 N–H and O–H groups in total. The van der Waals surface area contributed by atoms with Gasteiger partial charge in [0.25, 0.3) is 0 Å². The minimum atomic E-state index is -1.30. The van der Waals surface area contributed by atoms with E-state index < -0.39 is 58.4 Å². The van der Waals surface area contributed by atoms with Crippen LogP contribution in [0.1, 0.15) is 59.9 Å². The van der Waals surface area contributed by atoms with Crippen LogP contribution in [0.3, 0.4) is 0 Å². The van der Waals surface area contributed by atoms with Gasteiger partial charge in [0, 0.05) is 24.6 Å². The lowest BCUT2D eigenvalue weighted by Crippen LogP contribution is -2.46. The Hall–Kier alpha value is -3.90. The van der Waals surface area contributed by atoms with E-state index in [4.69, 9.17) is 19.3 Å². The number of fused-ring (bicyclic) bond motifs is 1. The number of esters is 1. The van der Waals surface area contributed by atoms with Crippen molar-refractivity contribution in [1.29, 1.82) is 0 Å². The van der Waals surface area contributed by atoms with Crippen LogP contribution in [-0.2, 0) is 30.3 Å². The van der Waals surface area contributed by atoms with E-state index in [1.165, 1.54) is 11.0 Å². The van der Waals surface area contributed by atoms with Gasteiger partial charge in [-0.05, 0) is 60.5 Å². The highest BCUT2D eigenvalue weighted by atomic mass is 16.6. The largest absolute Gasteiger partial charge is 0.479 e. The van der Waals surface area contributed by atoms with E-state index in [-0.39, 0.29) is 31.6 Å². The van der Waals surface area contributed by atoms with Crippen LogP contribution < -0.4 is 15.0 Å². The molecule has 0 radical (unpaired) electrons. The molecule has 1 aliphatic rings. The van der Waals surface area contributed by atoms with Gasteiger partial charge in [0.2, 0.25) is 11.7 Å². The predicted octanol–water partition coefficient (Wildman–Crippen LogP) is 2.96. The van der Waals surface area contributed by atoms with Gasteiger partial charge < -0.3 is 29.5 Å². The standard InChI is InChI=1S/C24H33N3O10/c1-23(2,3)36-21(31)15(25-22(32)37-24(4,5)6)7-10-18(28)26-12-11-14-16(26)8-9-17(27(33)34)20(14)35-13-19(29)30/h8-9,15H,7,10-13H2,1-6H3,(H,25,32)(H,29,30)/t15-/m0/s1. The summed E-state index contributed by atoms with van der Waals surface area (Å²) in [4.78, 5) is 61.1. The number of hydrogen-bond donors (Lipinski definition) is 2. The number of nitro groups is 1. The number of nitrogens with zero attached hydrogens (tertiary/aromatic N) is 2. The fourth-order valence-electron chi connectivity index (χ4n) is 3.62. The van der Waals surface area contributed by atoms with Gasteiger partial charge in [0.15, 0.2) is 6.61 Å². The van der Waals surface area contributed by atoms with Crippen molar-refractivity contribution in [2.45, 2.75) is 78.0 Å². The number of amides is 2. The summed E-state index contributed by atoms with van der Waals surface area (Å²) in [7, 11) is 0. The van der Waals surface area contributed by atoms with Crippen molar-refractivity contribution < 1.29 is 43.4 Å². The molecule has 0 spiro atoms. The maximum Gasteiger partial charge on any atom is 0.408 e. The first kappa shape index (κ1) is 29.3. The summed E-state index contributed by atoms with van der Waals surface area (Å²) in [6.45, 7) is 9.42. The monoisotopic (exact) mass is 523 g/mol. The number of aliphatic carboxylic acids is 1. The molecule has 0 saturated carbocycles. The van der Waals surface area contributed by atoms with E-state index in [1.807, 2.05) is 0 Å². The molecule has 2 amide bonds. The van der Waals surface area contributed by atoms with Crippen molar-refractivity contribution in [3.05, 3.63) is 27.8 Å². The van der Waals surface area contributed by atoms with Crippen LogP contribution in [0.15, 0.2) is 12.1 Å². The fraction of sp³-hybridized carbons (Fsp3) is 0.583. The van der Waals surface area contributed by atoms with Gasteiger partial charge in [0.1, 0.15) is 17.2 Å². The molecule has 0 saturated heterocycles. The zero-order valence-electron chi connectivity index (χ0n) is 21.8. The van der Waals surface area contributed by atoms with Gasteiger partial charge in [-0.1, -0.05) is 0 Å². The van der Waals surface area contributed by atoms with Crippen LogP contribution in [0, 0.1) is 10.1 Å². The molecule has 1 aromatic rings. The first-order valence-corrected chi connectivity index (χ1v) is 11.7. The van der Waals surface area contributed by atoms with Crippen molar-refractivity contribution in [3.8, 4) is 5.75 Å². The third kappa shape index (κ3) is 8.62. The Morgan fingerprint density at radius 2 is 1.73 bits per heavy atom. The summed E-state index contributed by atoms with van der Waals surface area (Å²) >= 11 is 0. The van der Waals surface area contributed by atoms with Crippen molar-refractivity contribution in [3.63, 3.8) is 0 Å². The quantitative estimate of drug-likeness (QED) is 0.278. The van der Waals surface area contributed by atoms with Gasteiger partial charge in [-0.2, -0.15) is 0 Å². The molecule has 0 aromatic heterocycles. The van der Waals surface area contributed by atoms with Gasteiger partial charge >= 0.3 is 23.7 Å². The number of hydrogen-bond acceptors (Lipinski definition) is 9. The molecule has 37 heavy (non-hydrogen) atoms. The lowest BCUT2D eigenvalue weighted by atomic mass is 10.1. The SMILES string of the molecule is CC(C)(C)OC(=O)N[C@@H](CCC(=O)N1CCc2c1ccc([N+](=O)[O-])c2OCC(=O)O)C(=O)OC(C)(C)C. The summed E-state index contributed by atoms with van der Waals surface area (Å²) in [5, 5.41) is 22.8. The molecule has 0 fully saturated rings. The molecule has 1 aliphatic heterocycles. The topological polar surface area (TPSA) is 175 Å². The Morgan fingerprint density at radius 1 is 1.11 bits per heavy atom. The second kappa shape index (κ2) is 11.4. The van der Waals surface area contributed by atoms with Crippen LogP contribution in [-0.4, -0.2) is 64.4 Å². The molecule has 0 aliphatic carbocycles. The second-order valence-corrected chi connectivity index (χ2v) is 10.4. The molecule has 13 nitrogen and oxygen atoms in total. The lowest BCUT2D eigenvalue weighted by molar-refractivity contribution is -0.385. The zero-order valence-corrected chi connectivity index (χ0v) is 21.8. The number of ether oxygens (including phenoxy) is 3. The highest BCUT2D eigenvalue weighted by molar-refractivity contribution is 5.97. The Balaban J connectivity index is 2.21. The van der Waals surface area contributed by atoms with E-state index in [9.17, 15) is 29.3 Å². The van der Waals surface area contributed by atoms with Crippen molar-refractivity contribution in [2.24, 2.45) is 0 Å². The summed E-state index contributed by atoms with van der Waals surface area (Å²) in [5.74, 6) is -2.63. The number of rotatable bonds is 9. The van der Waals surface area contributed by atoms with E-state index >= 15 is 0 Å². The second-order valence-electron chi connectivity index (χ2n) is 10.4. The number of carbonyl (C=O) groups is 4. The minimum absolute atomic E-state index is 0.0891. The summed E-state index contributed by atoms with van der Waals surface area (Å²) in [6.07, 6.45) is -0.881. The molecule has 0 unspecified atom stereocenters. The van der Waals surface area contributed by atoms with Gasteiger partial charge in [-0.25, -0.2) is 14.4 Å². The third-order valence-electron chi connectivity index (χ3n) is 4.96. The number of anilines is 1. The van der Waals surface area contributed by atoms with Crippen molar-refractivity contribution in [1.82, 2.24) is 5.32 Å². The first-order valence-electron chi connectivity index (χ1n) is 11.7. The molecule has 13 heteroatoms. The average molecular weight is 524 g/mol. The van der Waals surface area contributed by atoms with Crippen LogP contribution >= 0.6 is 0 Å². The van der Waals surface area contributed by atoms with E-state index in [1.54, 1.807) is 41.5 Å². The maximum atomic E-state index is 13.1. The lowest BCUT2D eigenvalue weighted by Gasteiger charge is -2.26. The predicted molar refractivity (Wildman–Crippen MR) is 131 cm³/mol. The van der Waals surface area contributed by atoms with Crippen LogP contribution in [0.4, 0.5) is 16.2 Å². The van der Waals surface area contributed by atoms with E-state index in [0.717, 1.165) is 6.07 Å². The average Bonchev–Trinajstić information content (AvgIpc) is 3.16. The fourth-order valence-corrected chi connectivity index (χ4v) is 3.62. The smallest absolute Gasteiger partial charge is 0.408 e. The van der Waals surface area contributed by atoms with E-state index in [2.05, 4.69) is 5.32 Å². The highest BCUT2D eigenvalue weighted by Gasteiger charge is 2.34. The maximum absolute atomic E-state index is 13.1. The number of nitrogens with one attached hydrogen (secondary N) is 1. The van der Waals surface area contributed by atoms with Crippen molar-refractivity contribution >= 4 is 35.3 Å². The normalized spacial score (nSPS) is 13.8. The van der Waals surface area contributed by atoms with Crippen LogP contribution in [0.25, 0.3) is 0 Å². The molecule has 2 rings (SSSR count). The Morgan fingerprint density at radius 3 is 2.27 bits per heavy atom. The Kier molecular flexibility index (Phi) is 9.07. The molecule has 0 bridgehead atoms. The molecule has 1 heterocycles. The Labute approximate surface area is 214 Å². The number of nitro benzene ring substituents is 1. The summed E-state index contributed by atoms with van der Waals surface area (Å²) in [5.41, 5.74) is -1.34. The molecular formula is C24H33N3O10. The zero-order chi connectivity index (χ0) is 28.1. The number of carbonyl (C=O) groups excluding carboxylic acids is 3. The minimum Gasteiger partial charge on any atom is -0.479 e. The van der Waals surface area contributed by atoms with Gasteiger partial charge in [-0.15, -0.1) is 0 Å². The summed E-state index contributed by atoms with van der Waals surface area (Å²) < 4.78 is 15.8. The third-order valence-corrected chi connectivity index (χ3v) is 4.96. The number of carboxylic acids is 1. The molecule has 1 atom stereocenters. The first-order chi connectivity index (χ1) is 17.0. The molecular weight excluding hydrogens is 490 g/mol. The molecule has 204 valence electrons. The van der Waals surface area contributed by atoms with E-state index in [0.29, 0.717) is 11.3 Å². The van der Waals surface area contributed by atoms with Crippen LogP contribution in [0.5, 0.6) is 5.75 Å². The summed E-state index contributed by atoms with van der Waals surface area (Å²) in [6, 6.07) is 1.39. The van der Waals surface area contributed by atoms with Crippen molar-refractivity contribution in [2.75, 3.05) is 18.1 Å². The van der Waals surface area contributed by atoms with Gasteiger partial charge in [0.05, 0.1) is 10.6 Å². The van der Waals surface area contributed by atoms with Crippen LogP contribution in [0.2, 0.25) is 0 Å².